The second-order valence-electron chi connectivity index (χ2n) is 8.60. The Morgan fingerprint density at radius 3 is 2.64 bits per heavy atom. The number of carbonyl (C=O) groups excluding carboxylic acids is 1. The first kappa shape index (κ1) is 24.9. The molecule has 2 unspecified atom stereocenters. The zero-order valence-electron chi connectivity index (χ0n) is 22.0. The number of nitrogens with one attached hydrogen (secondary N) is 2. The number of H-pyrrole nitrogens is 1. The number of hydrogen-bond acceptors (Lipinski definition) is 10. The van der Waals surface area contributed by atoms with Gasteiger partial charge in [-0.05, 0) is 39.8 Å². The Bertz CT molecular complexity index is 1320. The van der Waals surface area contributed by atoms with Crippen molar-refractivity contribution < 1.29 is 40.8 Å². The maximum atomic E-state index is 13.6. The first-order valence-corrected chi connectivity index (χ1v) is 12.6. The monoisotopic (exact) mass is 529 g/mol. The third-order valence-corrected chi connectivity index (χ3v) is 6.80. The van der Waals surface area contributed by atoms with Gasteiger partial charge in [0.15, 0.2) is 6.23 Å². The highest BCUT2D eigenvalue weighted by atomic mass is 31.2. The third-order valence-electron chi connectivity index (χ3n) is 5.15. The Hall–Kier alpha value is -2.80. The van der Waals surface area contributed by atoms with Gasteiger partial charge in [0.05, 0.1) is 15.5 Å². The van der Waals surface area contributed by atoms with Crippen LogP contribution in [0, 0.1) is 0 Å². The minimum Gasteiger partial charge on any atom is -0.462 e. The van der Waals surface area contributed by atoms with Crippen LogP contribution in [0.15, 0.2) is 52.1 Å². The van der Waals surface area contributed by atoms with Gasteiger partial charge in [0.25, 0.3) is 5.56 Å². The van der Waals surface area contributed by atoms with Crippen molar-refractivity contribution in [1.29, 1.82) is 0 Å². The predicted molar refractivity (Wildman–Crippen MR) is 126 cm³/mol. The van der Waals surface area contributed by atoms with Crippen molar-refractivity contribution in [2.75, 3.05) is 6.61 Å². The highest BCUT2D eigenvalue weighted by Gasteiger charge is 2.54. The number of benzene rings is 1. The number of hydrogen-bond donors (Lipinski definition) is 4. The summed E-state index contributed by atoms with van der Waals surface area (Å²) >= 11 is 0. The van der Waals surface area contributed by atoms with E-state index in [-0.39, 0.29) is 5.75 Å². The number of ether oxygens (including phenoxy) is 2. The van der Waals surface area contributed by atoms with Gasteiger partial charge in [0.2, 0.25) is 0 Å². The Morgan fingerprint density at radius 2 is 2.00 bits per heavy atom. The fraction of sp³-hybridized carbons (Fsp3) is 0.500. The third kappa shape index (κ3) is 6.49. The first-order chi connectivity index (χ1) is 17.7. The van der Waals surface area contributed by atoms with Crippen LogP contribution in [0.1, 0.15) is 36.7 Å². The molecule has 0 aliphatic carbocycles. The molecule has 2 aromatic rings. The van der Waals surface area contributed by atoms with E-state index in [1.165, 1.54) is 19.1 Å². The van der Waals surface area contributed by atoms with Crippen LogP contribution in [-0.2, 0) is 23.4 Å². The van der Waals surface area contributed by atoms with E-state index in [1.54, 1.807) is 32.0 Å². The molecule has 4 N–H and O–H groups in total. The fourth-order valence-electron chi connectivity index (χ4n) is 3.37. The summed E-state index contributed by atoms with van der Waals surface area (Å²) in [4.78, 5) is 38.1. The van der Waals surface area contributed by atoms with Crippen molar-refractivity contribution in [1.82, 2.24) is 14.6 Å². The van der Waals surface area contributed by atoms with Crippen LogP contribution in [-0.4, -0.2) is 62.3 Å². The molecule has 198 valence electrons. The molecule has 1 saturated heterocycles. The summed E-state index contributed by atoms with van der Waals surface area (Å²) in [6.45, 7) is 5.11. The molecule has 1 aliphatic heterocycles. The molecule has 13 nitrogen and oxygen atoms in total. The second-order valence-corrected chi connectivity index (χ2v) is 10.3. The maximum absolute atomic E-state index is 13.6. The lowest BCUT2D eigenvalue weighted by molar-refractivity contribution is -0.149. The van der Waals surface area contributed by atoms with Gasteiger partial charge in [0, 0.05) is 12.2 Å². The molecular formula is C22H30N3O10P. The average molecular weight is 529 g/mol. The van der Waals surface area contributed by atoms with Crippen molar-refractivity contribution in [3.05, 3.63) is 63.4 Å². The van der Waals surface area contributed by atoms with E-state index < -0.39 is 80.0 Å². The van der Waals surface area contributed by atoms with E-state index in [4.69, 9.17) is 21.3 Å². The molecule has 0 saturated carbocycles. The summed E-state index contributed by atoms with van der Waals surface area (Å²) < 4.78 is 51.5. The van der Waals surface area contributed by atoms with Gasteiger partial charge >= 0.3 is 19.4 Å². The first-order valence-electron chi connectivity index (χ1n) is 12.0. The van der Waals surface area contributed by atoms with E-state index >= 15 is 0 Å². The molecular weight excluding hydrogens is 497 g/mol. The largest absolute Gasteiger partial charge is 0.462 e. The Kier molecular flexibility index (Phi) is 7.65. The molecule has 0 bridgehead atoms. The van der Waals surface area contributed by atoms with E-state index in [9.17, 15) is 29.2 Å². The molecule has 0 amide bonds. The molecule has 1 aromatic carbocycles. The van der Waals surface area contributed by atoms with Crippen LogP contribution >= 0.6 is 7.75 Å². The molecule has 3 rings (SSSR count). The van der Waals surface area contributed by atoms with Crippen LogP contribution in [0.4, 0.5) is 0 Å². The molecule has 1 aliphatic rings. The van der Waals surface area contributed by atoms with Gasteiger partial charge in [-0.2, -0.15) is 5.09 Å². The lowest BCUT2D eigenvalue weighted by Gasteiger charge is -2.27. The maximum Gasteiger partial charge on any atom is 0.459 e. The number of nitrogens with zero attached hydrogens (tertiary/aromatic N) is 1. The molecule has 2 heterocycles. The smallest absolute Gasteiger partial charge is 0.459 e. The fourth-order valence-corrected chi connectivity index (χ4v) is 4.88. The number of aliphatic hydroxyl groups is 2. The lowest BCUT2D eigenvalue weighted by Crippen LogP contribution is -2.47. The van der Waals surface area contributed by atoms with Crippen molar-refractivity contribution in [3.63, 3.8) is 0 Å². The van der Waals surface area contributed by atoms with E-state index in [0.29, 0.717) is 4.57 Å². The molecule has 0 spiro atoms. The number of para-hydroxylation sites is 1. The predicted octanol–water partition coefficient (Wildman–Crippen LogP) is 0.679. The Balaban J connectivity index is 1.85. The minimum atomic E-state index is -4.35. The molecule has 6 atom stereocenters. The summed E-state index contributed by atoms with van der Waals surface area (Å²) in [6.07, 6.45) is -6.17. The SMILES string of the molecule is [2H]c1c([2H])n([C@@H]2O[C@H](COP(=O)(NC(C)C(=O)OC(C)C)Oc3ccccc3)[C@@H](O)[C@@]2(C)O)c(=O)[nH]c1=O. The van der Waals surface area contributed by atoms with Gasteiger partial charge in [-0.1, -0.05) is 18.2 Å². The lowest BCUT2D eigenvalue weighted by atomic mass is 9.96. The standard InChI is InChI=1S/C22H30N3O10P/c1-13(2)33-19(28)14(3)24-36(31,35-15-8-6-5-7-9-15)32-12-16-18(27)22(4,30)20(34-16)25-11-10-17(26)23-21(25)29/h5-11,13-14,16,18,20,27,30H,12H2,1-4H3,(H,24,31)(H,23,26,29)/t14?,16-,18-,20-,22-,36?/m1/s1/i10D,11D. The van der Waals surface area contributed by atoms with Crippen LogP contribution in [0.5, 0.6) is 5.75 Å². The van der Waals surface area contributed by atoms with Crippen LogP contribution < -0.4 is 20.9 Å². The summed E-state index contributed by atoms with van der Waals surface area (Å²) in [5.74, 6) is -0.598. The van der Waals surface area contributed by atoms with Crippen LogP contribution in [0.3, 0.4) is 0 Å². The molecule has 1 aromatic heterocycles. The van der Waals surface area contributed by atoms with Crippen molar-refractivity contribution in [3.8, 4) is 5.75 Å². The van der Waals surface area contributed by atoms with E-state index in [2.05, 4.69) is 5.09 Å². The average Bonchev–Trinajstić information content (AvgIpc) is 3.05. The zero-order valence-corrected chi connectivity index (χ0v) is 20.9. The van der Waals surface area contributed by atoms with Gasteiger partial charge in [0.1, 0.15) is 29.6 Å². The molecule has 36 heavy (non-hydrogen) atoms. The van der Waals surface area contributed by atoms with Gasteiger partial charge < -0.3 is 24.2 Å². The van der Waals surface area contributed by atoms with Gasteiger partial charge in [-0.25, -0.2) is 9.36 Å². The Labute approximate surface area is 209 Å². The van der Waals surface area contributed by atoms with E-state index in [1.807, 2.05) is 4.98 Å². The summed E-state index contributed by atoms with van der Waals surface area (Å²) in [7, 11) is -4.35. The quantitative estimate of drug-likeness (QED) is 0.251. The summed E-state index contributed by atoms with van der Waals surface area (Å²) in [6, 6.07) is 5.91. The Morgan fingerprint density at radius 1 is 1.33 bits per heavy atom. The van der Waals surface area contributed by atoms with Crippen molar-refractivity contribution >= 4 is 13.7 Å². The number of aromatic amines is 1. The summed E-state index contributed by atoms with van der Waals surface area (Å²) in [5, 5.41) is 24.1. The highest BCUT2D eigenvalue weighted by Crippen LogP contribution is 2.46. The van der Waals surface area contributed by atoms with Crippen LogP contribution in [0.25, 0.3) is 0 Å². The van der Waals surface area contributed by atoms with E-state index in [0.717, 1.165) is 6.92 Å². The number of aliphatic hydroxyl groups excluding tert-OH is 1. The molecule has 1 fully saturated rings. The summed E-state index contributed by atoms with van der Waals surface area (Å²) in [5.41, 5.74) is -4.46. The van der Waals surface area contributed by atoms with Crippen molar-refractivity contribution in [2.45, 2.75) is 63.9 Å². The topological polar surface area (TPSA) is 178 Å². The minimum absolute atomic E-state index is 0.132. The second kappa shape index (κ2) is 11.1. The normalized spacial score (nSPS) is 27.1. The number of aromatic nitrogens is 2. The van der Waals surface area contributed by atoms with Crippen molar-refractivity contribution in [2.24, 2.45) is 0 Å². The van der Waals surface area contributed by atoms with Gasteiger partial charge in [-0.15, -0.1) is 0 Å². The number of carbonyl (C=O) groups is 1. The van der Waals surface area contributed by atoms with Gasteiger partial charge in [-0.3, -0.25) is 23.7 Å². The number of rotatable bonds is 10. The van der Waals surface area contributed by atoms with Crippen LogP contribution in [0.2, 0.25) is 0 Å². The highest BCUT2D eigenvalue weighted by molar-refractivity contribution is 7.52. The zero-order chi connectivity index (χ0) is 28.4. The molecule has 0 radical (unpaired) electrons. The number of esters is 1. The molecule has 14 heteroatoms.